The molecule has 3 atom stereocenters. The van der Waals surface area contributed by atoms with Crippen molar-refractivity contribution in [2.45, 2.75) is 83.3 Å². The number of likely N-dealkylation sites (N-methyl/N-ethyl adjacent to an activating group) is 1. The second kappa shape index (κ2) is 16.4. The molecule has 15 heteroatoms. The topological polar surface area (TPSA) is 146 Å². The minimum absolute atomic E-state index is 0.0375. The van der Waals surface area contributed by atoms with Crippen LogP contribution in [0.3, 0.4) is 0 Å². The number of nitrogens with zero attached hydrogens (tertiary/aromatic N) is 7. The summed E-state index contributed by atoms with van der Waals surface area (Å²) in [5.41, 5.74) is 0.436. The van der Waals surface area contributed by atoms with E-state index in [1.807, 2.05) is 20.9 Å². The molecule has 1 aliphatic heterocycles. The maximum Gasteiger partial charge on any atom is 0.265 e. The highest BCUT2D eigenvalue weighted by Crippen LogP contribution is 2.33. The summed E-state index contributed by atoms with van der Waals surface area (Å²) in [4.78, 5) is 59.1. The third-order valence-electron chi connectivity index (χ3n) is 9.66. The highest BCUT2D eigenvalue weighted by molar-refractivity contribution is 7.07. The van der Waals surface area contributed by atoms with Crippen LogP contribution in [-0.2, 0) is 14.4 Å². The maximum atomic E-state index is 15.9. The van der Waals surface area contributed by atoms with Crippen LogP contribution in [0.25, 0.3) is 0 Å². The van der Waals surface area contributed by atoms with Crippen LogP contribution in [0, 0.1) is 11.7 Å². The summed E-state index contributed by atoms with van der Waals surface area (Å²) in [5, 5.41) is 13.7. The molecule has 13 nitrogen and oxygen atoms in total. The number of aromatic nitrogens is 4. The third kappa shape index (κ3) is 8.50. The number of halogens is 1. The molecule has 0 spiro atoms. The first-order chi connectivity index (χ1) is 23.6. The number of hydrogen-bond acceptors (Lipinski definition) is 9. The van der Waals surface area contributed by atoms with Crippen molar-refractivity contribution in [3.05, 3.63) is 52.9 Å². The standard InChI is InChI=1S/C34H46FN9O4S/c1-22(2)44-29(13-14-37-44)43(21-45)31(24-9-7-5-6-8-10-24)33(47)38-27-12-11-25(19-26(27)35)23(3)30(39-32(46)28-20-36-40-49-28)34(48)42-17-15-41(4)16-18-42/h11-14,19-24,30-31H,5-10,15-18H2,1-4H3,(H,38,47)(H,39,46)/t23-,30+,31-/m0/s1. The van der Waals surface area contributed by atoms with Crippen LogP contribution in [0.5, 0.6) is 0 Å². The van der Waals surface area contributed by atoms with Crippen LogP contribution in [0.1, 0.15) is 86.5 Å². The highest BCUT2D eigenvalue weighted by atomic mass is 32.1. The number of amides is 4. The Morgan fingerprint density at radius 1 is 1.04 bits per heavy atom. The zero-order chi connectivity index (χ0) is 35.1. The minimum Gasteiger partial charge on any atom is -0.339 e. The van der Waals surface area contributed by atoms with E-state index >= 15 is 4.39 Å². The normalized spacial score (nSPS) is 18.0. The molecule has 2 aromatic heterocycles. The average molecular weight is 696 g/mol. The molecule has 1 saturated heterocycles. The van der Waals surface area contributed by atoms with E-state index in [1.54, 1.807) is 34.8 Å². The Morgan fingerprint density at radius 3 is 2.37 bits per heavy atom. The van der Waals surface area contributed by atoms with E-state index in [1.165, 1.54) is 23.2 Å². The van der Waals surface area contributed by atoms with Crippen molar-refractivity contribution in [1.82, 2.24) is 34.5 Å². The smallest absolute Gasteiger partial charge is 0.265 e. The van der Waals surface area contributed by atoms with E-state index in [4.69, 9.17) is 0 Å². The molecule has 4 amide bonds. The summed E-state index contributed by atoms with van der Waals surface area (Å²) in [6, 6.07) is 4.23. The number of hydrogen-bond donors (Lipinski definition) is 2. The molecule has 1 aliphatic carbocycles. The molecule has 1 saturated carbocycles. The van der Waals surface area contributed by atoms with Gasteiger partial charge in [0.25, 0.3) is 5.91 Å². The number of rotatable bonds is 12. The molecular weight excluding hydrogens is 649 g/mol. The first-order valence-corrected chi connectivity index (χ1v) is 17.8. The summed E-state index contributed by atoms with van der Waals surface area (Å²) in [6.45, 7) is 8.07. The Hall–Kier alpha value is -4.24. The first-order valence-electron chi connectivity index (χ1n) is 17.0. The Bertz CT molecular complexity index is 1580. The second-order valence-corrected chi connectivity index (χ2v) is 14.1. The fourth-order valence-corrected chi connectivity index (χ4v) is 7.20. The van der Waals surface area contributed by atoms with E-state index in [2.05, 4.69) is 30.2 Å². The van der Waals surface area contributed by atoms with Gasteiger partial charge in [-0.2, -0.15) is 5.10 Å². The first kappa shape index (κ1) is 36.1. The van der Waals surface area contributed by atoms with Crippen LogP contribution in [-0.4, -0.2) is 98.6 Å². The molecular formula is C34H46FN9O4S. The van der Waals surface area contributed by atoms with E-state index in [0.717, 1.165) is 50.1 Å². The Morgan fingerprint density at radius 2 is 1.76 bits per heavy atom. The van der Waals surface area contributed by atoms with Gasteiger partial charge in [-0.05, 0) is 68.9 Å². The fourth-order valence-electron chi connectivity index (χ4n) is 6.78. The van der Waals surface area contributed by atoms with Gasteiger partial charge in [-0.15, -0.1) is 5.10 Å². The van der Waals surface area contributed by atoms with Crippen molar-refractivity contribution < 1.29 is 23.6 Å². The van der Waals surface area contributed by atoms with Gasteiger partial charge in [0.15, 0.2) is 0 Å². The molecule has 0 radical (unpaired) electrons. The summed E-state index contributed by atoms with van der Waals surface area (Å²) in [7, 11) is 1.99. The predicted octanol–water partition coefficient (Wildman–Crippen LogP) is 4.07. The number of anilines is 2. The van der Waals surface area contributed by atoms with Crippen LogP contribution < -0.4 is 15.5 Å². The number of nitrogens with one attached hydrogen (secondary N) is 2. The summed E-state index contributed by atoms with van der Waals surface area (Å²) < 4.78 is 21.4. The number of benzene rings is 1. The Labute approximate surface area is 290 Å². The van der Waals surface area contributed by atoms with Crippen molar-refractivity contribution in [2.75, 3.05) is 43.4 Å². The van der Waals surface area contributed by atoms with E-state index < -0.39 is 35.6 Å². The highest BCUT2D eigenvalue weighted by Gasteiger charge is 2.37. The van der Waals surface area contributed by atoms with Gasteiger partial charge in [-0.25, -0.2) is 9.07 Å². The van der Waals surface area contributed by atoms with E-state index in [-0.39, 0.29) is 28.4 Å². The molecule has 264 valence electrons. The van der Waals surface area contributed by atoms with Crippen LogP contribution in [0.4, 0.5) is 15.9 Å². The van der Waals surface area contributed by atoms with Gasteiger partial charge in [0.2, 0.25) is 18.2 Å². The monoisotopic (exact) mass is 695 g/mol. The van der Waals surface area contributed by atoms with E-state index in [9.17, 15) is 19.2 Å². The molecule has 3 aromatic rings. The molecule has 5 rings (SSSR count). The summed E-state index contributed by atoms with van der Waals surface area (Å²) >= 11 is 0.921. The molecule has 2 fully saturated rings. The van der Waals surface area contributed by atoms with Gasteiger partial charge < -0.3 is 20.4 Å². The van der Waals surface area contributed by atoms with Gasteiger partial charge in [0.05, 0.1) is 18.1 Å². The van der Waals surface area contributed by atoms with Crippen molar-refractivity contribution in [3.63, 3.8) is 0 Å². The molecule has 0 unspecified atom stereocenters. The van der Waals surface area contributed by atoms with Crippen molar-refractivity contribution in [3.8, 4) is 0 Å². The third-order valence-corrected chi connectivity index (χ3v) is 10.3. The molecule has 1 aromatic carbocycles. The number of piperazine rings is 1. The lowest BCUT2D eigenvalue weighted by Gasteiger charge is -2.36. The van der Waals surface area contributed by atoms with Crippen molar-refractivity contribution in [2.24, 2.45) is 5.92 Å². The molecule has 2 aliphatic rings. The molecule has 49 heavy (non-hydrogen) atoms. The van der Waals surface area contributed by atoms with Gasteiger partial charge >= 0.3 is 0 Å². The average Bonchev–Trinajstić information content (AvgIpc) is 3.75. The lowest BCUT2D eigenvalue weighted by Crippen LogP contribution is -2.55. The number of carbonyl (C=O) groups is 4. The summed E-state index contributed by atoms with van der Waals surface area (Å²) in [6.07, 6.45) is 9.14. The second-order valence-electron chi connectivity index (χ2n) is 13.3. The molecule has 3 heterocycles. The van der Waals surface area contributed by atoms with Gasteiger partial charge in [0.1, 0.15) is 28.6 Å². The van der Waals surface area contributed by atoms with Gasteiger partial charge in [-0.1, -0.05) is 43.2 Å². The van der Waals surface area contributed by atoms with Crippen molar-refractivity contribution in [1.29, 1.82) is 0 Å². The lowest BCUT2D eigenvalue weighted by molar-refractivity contribution is -0.135. The van der Waals surface area contributed by atoms with E-state index in [0.29, 0.717) is 44.0 Å². The maximum absolute atomic E-state index is 15.9. The number of carbonyl (C=O) groups excluding carboxylic acids is 4. The zero-order valence-corrected chi connectivity index (χ0v) is 29.4. The Kier molecular flexibility index (Phi) is 12.1. The fraction of sp³-hybridized carbons (Fsp3) is 0.559. The molecule has 0 bridgehead atoms. The lowest BCUT2D eigenvalue weighted by atomic mass is 9.89. The molecule has 2 N–H and O–H groups in total. The Balaban J connectivity index is 1.39. The van der Waals surface area contributed by atoms with Gasteiger partial charge in [-0.3, -0.25) is 24.1 Å². The predicted molar refractivity (Wildman–Crippen MR) is 185 cm³/mol. The quantitative estimate of drug-likeness (QED) is 0.213. The van der Waals surface area contributed by atoms with Crippen molar-refractivity contribution >= 4 is 47.2 Å². The van der Waals surface area contributed by atoms with Crippen LogP contribution in [0.2, 0.25) is 0 Å². The van der Waals surface area contributed by atoms with Gasteiger partial charge in [0, 0.05) is 44.2 Å². The summed E-state index contributed by atoms with van der Waals surface area (Å²) in [5.74, 6) is -2.14. The van der Waals surface area contributed by atoms with Crippen LogP contribution >= 0.6 is 11.5 Å². The van der Waals surface area contributed by atoms with Crippen LogP contribution in [0.15, 0.2) is 36.7 Å². The SMILES string of the molecule is CC(C)n1nccc1N(C=O)[C@H](C(=O)Nc1ccc([C@H](C)[C@@H](NC(=O)c2cnns2)C(=O)N2CCN(C)CC2)cc1F)C1CCCCCC1. The zero-order valence-electron chi connectivity index (χ0n) is 28.5. The largest absolute Gasteiger partial charge is 0.339 e. The minimum atomic E-state index is -0.982.